The van der Waals surface area contributed by atoms with Gasteiger partial charge in [-0.1, -0.05) is 0 Å². The average Bonchev–Trinajstić information content (AvgIpc) is 2.57. The quantitative estimate of drug-likeness (QED) is 0.716. The number of ether oxygens (including phenoxy) is 2. The van der Waals surface area contributed by atoms with E-state index >= 15 is 0 Å². The van der Waals surface area contributed by atoms with E-state index in [1.54, 1.807) is 12.1 Å². The van der Waals surface area contributed by atoms with Gasteiger partial charge in [0.2, 0.25) is 5.91 Å². The molecule has 25 heavy (non-hydrogen) atoms. The second-order valence-corrected chi connectivity index (χ2v) is 5.82. The van der Waals surface area contributed by atoms with Crippen molar-refractivity contribution in [3.63, 3.8) is 0 Å². The second-order valence-electron chi connectivity index (χ2n) is 5.82. The number of nitrogens with zero attached hydrogens (tertiary/aromatic N) is 1. The van der Waals surface area contributed by atoms with Crippen LogP contribution in [0, 0.1) is 5.82 Å². The van der Waals surface area contributed by atoms with Crippen LogP contribution in [0.3, 0.4) is 0 Å². The number of hydrogen-bond donors (Lipinski definition) is 2. The molecule has 1 aromatic rings. The van der Waals surface area contributed by atoms with Crippen LogP contribution in [0.4, 0.5) is 15.8 Å². The van der Waals surface area contributed by atoms with Crippen LogP contribution in [0.15, 0.2) is 18.2 Å². The number of nitrogens with one attached hydrogen (secondary N) is 2. The number of rotatable bonds is 7. The number of carbonyl (C=O) groups excluding carboxylic acids is 2. The molecule has 1 amide bonds. The van der Waals surface area contributed by atoms with Gasteiger partial charge < -0.3 is 25.0 Å². The molecule has 0 aliphatic carbocycles. The van der Waals surface area contributed by atoms with E-state index in [-0.39, 0.29) is 24.8 Å². The maximum atomic E-state index is 14.4. The lowest BCUT2D eigenvalue weighted by molar-refractivity contribution is -0.146. The fourth-order valence-electron chi connectivity index (χ4n) is 2.56. The van der Waals surface area contributed by atoms with Crippen molar-refractivity contribution in [1.82, 2.24) is 5.32 Å². The minimum atomic E-state index is -0.539. The molecule has 1 unspecified atom stereocenters. The van der Waals surface area contributed by atoms with E-state index in [0.29, 0.717) is 37.7 Å². The monoisotopic (exact) mass is 353 g/mol. The number of halogens is 1. The molecule has 0 spiro atoms. The summed E-state index contributed by atoms with van der Waals surface area (Å²) in [6, 6.07) is 4.91. The van der Waals surface area contributed by atoms with Crippen molar-refractivity contribution in [3.8, 4) is 0 Å². The molecule has 8 heteroatoms. The summed E-state index contributed by atoms with van der Waals surface area (Å²) >= 11 is 0. The van der Waals surface area contributed by atoms with Gasteiger partial charge in [0.05, 0.1) is 32.0 Å². The van der Waals surface area contributed by atoms with E-state index in [9.17, 15) is 14.0 Å². The summed E-state index contributed by atoms with van der Waals surface area (Å²) in [7, 11) is 0. The summed E-state index contributed by atoms with van der Waals surface area (Å²) in [6.07, 6.45) is -0.539. The van der Waals surface area contributed by atoms with Crippen LogP contribution in [0.25, 0.3) is 0 Å². The zero-order valence-electron chi connectivity index (χ0n) is 14.5. The Balaban J connectivity index is 1.94. The fraction of sp³-hybridized carbons (Fsp3) is 0.529. The Morgan fingerprint density at radius 2 is 2.00 bits per heavy atom. The van der Waals surface area contributed by atoms with Crippen LogP contribution in [0.1, 0.15) is 13.8 Å². The third-order valence-corrected chi connectivity index (χ3v) is 3.74. The summed E-state index contributed by atoms with van der Waals surface area (Å²) in [5.41, 5.74) is 1.12. The number of benzene rings is 1. The maximum Gasteiger partial charge on any atom is 0.303 e. The first-order chi connectivity index (χ1) is 12.0. The molecular formula is C17H24FN3O4. The van der Waals surface area contributed by atoms with Gasteiger partial charge >= 0.3 is 5.97 Å². The highest BCUT2D eigenvalue weighted by molar-refractivity contribution is 5.73. The van der Waals surface area contributed by atoms with Gasteiger partial charge in [-0.2, -0.15) is 0 Å². The Morgan fingerprint density at radius 3 is 2.60 bits per heavy atom. The zero-order valence-corrected chi connectivity index (χ0v) is 14.5. The maximum absolute atomic E-state index is 14.4. The first kappa shape index (κ1) is 19.0. The van der Waals surface area contributed by atoms with Gasteiger partial charge in [-0.15, -0.1) is 0 Å². The van der Waals surface area contributed by atoms with Gasteiger partial charge in [-0.25, -0.2) is 4.39 Å². The third-order valence-electron chi connectivity index (χ3n) is 3.74. The van der Waals surface area contributed by atoms with Crippen LogP contribution >= 0.6 is 0 Å². The minimum Gasteiger partial charge on any atom is -0.459 e. The Bertz CT molecular complexity index is 606. The molecule has 138 valence electrons. The topological polar surface area (TPSA) is 79.9 Å². The first-order valence-corrected chi connectivity index (χ1v) is 8.23. The molecule has 1 fully saturated rings. The second kappa shape index (κ2) is 9.22. The van der Waals surface area contributed by atoms with Crippen LogP contribution < -0.4 is 15.5 Å². The summed E-state index contributed by atoms with van der Waals surface area (Å²) in [4.78, 5) is 24.1. The van der Waals surface area contributed by atoms with E-state index in [2.05, 4.69) is 10.6 Å². The van der Waals surface area contributed by atoms with E-state index in [1.807, 2.05) is 4.90 Å². The lowest BCUT2D eigenvalue weighted by Crippen LogP contribution is -2.37. The van der Waals surface area contributed by atoms with E-state index < -0.39 is 12.1 Å². The Morgan fingerprint density at radius 1 is 1.28 bits per heavy atom. The predicted octanol–water partition coefficient (Wildman–Crippen LogP) is 1.14. The van der Waals surface area contributed by atoms with Gasteiger partial charge in [-0.05, 0) is 18.2 Å². The van der Waals surface area contributed by atoms with Crippen molar-refractivity contribution in [2.45, 2.75) is 20.0 Å². The first-order valence-electron chi connectivity index (χ1n) is 8.23. The van der Waals surface area contributed by atoms with Crippen LogP contribution in [-0.4, -0.2) is 57.4 Å². The van der Waals surface area contributed by atoms with Crippen LogP contribution in [-0.2, 0) is 19.1 Å². The zero-order chi connectivity index (χ0) is 18.2. The van der Waals surface area contributed by atoms with E-state index in [4.69, 9.17) is 9.47 Å². The summed E-state index contributed by atoms with van der Waals surface area (Å²) in [5.74, 6) is -0.971. The number of anilines is 2. The molecule has 1 atom stereocenters. The SMILES string of the molecule is CC(=O)NCC(CNc1ccc(N2CCOCC2)c(F)c1)OC(C)=O. The molecule has 0 aromatic heterocycles. The molecule has 1 heterocycles. The number of carbonyl (C=O) groups is 2. The predicted molar refractivity (Wildman–Crippen MR) is 92.2 cm³/mol. The summed E-state index contributed by atoms with van der Waals surface area (Å²) < 4.78 is 24.8. The highest BCUT2D eigenvalue weighted by atomic mass is 19.1. The highest BCUT2D eigenvalue weighted by Gasteiger charge is 2.16. The smallest absolute Gasteiger partial charge is 0.303 e. The highest BCUT2D eigenvalue weighted by Crippen LogP contribution is 2.23. The normalized spacial score (nSPS) is 15.4. The van der Waals surface area contributed by atoms with Crippen molar-refractivity contribution in [3.05, 3.63) is 24.0 Å². The lowest BCUT2D eigenvalue weighted by Gasteiger charge is -2.29. The Hall–Kier alpha value is -2.35. The van der Waals surface area contributed by atoms with E-state index in [0.717, 1.165) is 0 Å². The number of esters is 1. The fourth-order valence-corrected chi connectivity index (χ4v) is 2.56. The molecular weight excluding hydrogens is 329 g/mol. The molecule has 0 bridgehead atoms. The lowest BCUT2D eigenvalue weighted by atomic mass is 10.2. The van der Waals surface area contributed by atoms with Crippen molar-refractivity contribution in [2.24, 2.45) is 0 Å². The molecule has 2 N–H and O–H groups in total. The van der Waals surface area contributed by atoms with E-state index in [1.165, 1.54) is 19.9 Å². The molecule has 1 saturated heterocycles. The van der Waals surface area contributed by atoms with Crippen molar-refractivity contribution >= 4 is 23.3 Å². The Kier molecular flexibility index (Phi) is 7.00. The summed E-state index contributed by atoms with van der Waals surface area (Å²) in [6.45, 7) is 5.64. The van der Waals surface area contributed by atoms with Crippen molar-refractivity contribution in [1.29, 1.82) is 0 Å². The molecule has 1 aliphatic rings. The van der Waals surface area contributed by atoms with Crippen LogP contribution in [0.5, 0.6) is 0 Å². The van der Waals surface area contributed by atoms with Gasteiger partial charge in [0.1, 0.15) is 11.9 Å². The number of morpholine rings is 1. The summed E-state index contributed by atoms with van der Waals surface area (Å²) in [5, 5.41) is 5.64. The third kappa shape index (κ3) is 6.22. The average molecular weight is 353 g/mol. The Labute approximate surface area is 146 Å². The molecule has 0 saturated carbocycles. The largest absolute Gasteiger partial charge is 0.459 e. The molecule has 1 aliphatic heterocycles. The standard InChI is InChI=1S/C17H24FN3O4/c1-12(22)19-10-15(25-13(2)23)11-20-14-3-4-17(16(18)9-14)21-5-7-24-8-6-21/h3-4,9,15,20H,5-8,10-11H2,1-2H3,(H,19,22). The van der Waals surface area contributed by atoms with Crippen molar-refractivity contribution < 1.29 is 23.5 Å². The van der Waals surface area contributed by atoms with Gasteiger partial charge in [0.15, 0.2) is 0 Å². The number of amides is 1. The molecule has 0 radical (unpaired) electrons. The van der Waals surface area contributed by atoms with Gasteiger partial charge in [-0.3, -0.25) is 9.59 Å². The van der Waals surface area contributed by atoms with Gasteiger partial charge in [0, 0.05) is 32.6 Å². The minimum absolute atomic E-state index is 0.191. The van der Waals surface area contributed by atoms with Crippen LogP contribution in [0.2, 0.25) is 0 Å². The van der Waals surface area contributed by atoms with Gasteiger partial charge in [0.25, 0.3) is 0 Å². The number of hydrogen-bond acceptors (Lipinski definition) is 6. The van der Waals surface area contributed by atoms with Crippen molar-refractivity contribution in [2.75, 3.05) is 49.6 Å². The molecule has 1 aromatic carbocycles. The molecule has 2 rings (SSSR count). The molecule has 7 nitrogen and oxygen atoms in total.